The highest BCUT2D eigenvalue weighted by Gasteiger charge is 2.21. The van der Waals surface area contributed by atoms with Gasteiger partial charge >= 0.3 is 0 Å². The zero-order chi connectivity index (χ0) is 10.4. The summed E-state index contributed by atoms with van der Waals surface area (Å²) in [5.41, 5.74) is 0. The van der Waals surface area contributed by atoms with E-state index in [-0.39, 0.29) is 17.9 Å². The summed E-state index contributed by atoms with van der Waals surface area (Å²) >= 11 is 1.46. The third-order valence-corrected chi connectivity index (χ3v) is 2.70. The number of amides is 2. The molecule has 1 rings (SSSR count). The van der Waals surface area contributed by atoms with Crippen LogP contribution in [0.25, 0.3) is 0 Å². The molecule has 0 aromatic carbocycles. The third kappa shape index (κ3) is 3.57. The average Bonchev–Trinajstić information content (AvgIpc) is 2.33. The molecule has 1 aliphatic heterocycles. The first-order valence-electron chi connectivity index (χ1n) is 4.80. The summed E-state index contributed by atoms with van der Waals surface area (Å²) in [5, 5.41) is 5.52. The van der Waals surface area contributed by atoms with Gasteiger partial charge in [-0.2, -0.15) is 11.8 Å². The van der Waals surface area contributed by atoms with E-state index in [2.05, 4.69) is 10.6 Å². The second kappa shape index (κ2) is 5.90. The molecule has 0 spiro atoms. The van der Waals surface area contributed by atoms with E-state index in [4.69, 9.17) is 0 Å². The van der Waals surface area contributed by atoms with Crippen LogP contribution in [0.3, 0.4) is 0 Å². The first kappa shape index (κ1) is 11.4. The predicted molar refractivity (Wildman–Crippen MR) is 57.2 cm³/mol. The van der Waals surface area contributed by atoms with Gasteiger partial charge in [0.25, 0.3) is 0 Å². The fraction of sp³-hybridized carbons (Fsp3) is 0.778. The molecule has 1 saturated heterocycles. The van der Waals surface area contributed by atoms with Gasteiger partial charge in [0.15, 0.2) is 0 Å². The van der Waals surface area contributed by atoms with Gasteiger partial charge in [0.05, 0.1) is 5.75 Å². The number of hydrogen-bond acceptors (Lipinski definition) is 3. The zero-order valence-corrected chi connectivity index (χ0v) is 9.15. The number of thioether (sulfide) groups is 1. The van der Waals surface area contributed by atoms with E-state index < -0.39 is 0 Å². The molecule has 0 aromatic heterocycles. The fourth-order valence-electron chi connectivity index (χ4n) is 1.44. The van der Waals surface area contributed by atoms with Crippen molar-refractivity contribution in [2.45, 2.75) is 25.3 Å². The first-order valence-corrected chi connectivity index (χ1v) is 6.19. The lowest BCUT2D eigenvalue weighted by molar-refractivity contribution is -0.127. The highest BCUT2D eigenvalue weighted by atomic mass is 32.2. The van der Waals surface area contributed by atoms with E-state index in [1.165, 1.54) is 11.8 Å². The second-order valence-electron chi connectivity index (χ2n) is 3.34. The molecular formula is C9H16N2O2S. The Bertz CT molecular complexity index is 221. The van der Waals surface area contributed by atoms with E-state index in [1.54, 1.807) is 0 Å². The largest absolute Gasteiger partial charge is 0.354 e. The van der Waals surface area contributed by atoms with Gasteiger partial charge in [0.2, 0.25) is 11.8 Å². The topological polar surface area (TPSA) is 58.2 Å². The molecule has 0 aliphatic carbocycles. The summed E-state index contributed by atoms with van der Waals surface area (Å²) in [5.74, 6) is 0.320. The molecule has 1 fully saturated rings. The van der Waals surface area contributed by atoms with Crippen molar-refractivity contribution in [2.75, 3.05) is 18.6 Å². The van der Waals surface area contributed by atoms with E-state index in [0.717, 1.165) is 25.8 Å². The van der Waals surface area contributed by atoms with Crippen LogP contribution in [0.1, 0.15) is 19.3 Å². The van der Waals surface area contributed by atoms with Crippen LogP contribution in [0.5, 0.6) is 0 Å². The summed E-state index contributed by atoms with van der Waals surface area (Å²) in [6, 6.07) is -0.322. The molecule has 14 heavy (non-hydrogen) atoms. The van der Waals surface area contributed by atoms with Crippen LogP contribution in [0.2, 0.25) is 0 Å². The molecule has 0 saturated carbocycles. The molecule has 1 aliphatic rings. The van der Waals surface area contributed by atoms with Crippen molar-refractivity contribution < 1.29 is 9.59 Å². The second-order valence-corrected chi connectivity index (χ2v) is 4.21. The Morgan fingerprint density at radius 2 is 2.43 bits per heavy atom. The van der Waals surface area contributed by atoms with Gasteiger partial charge in [-0.15, -0.1) is 0 Å². The lowest BCUT2D eigenvalue weighted by Gasteiger charge is -2.14. The summed E-state index contributed by atoms with van der Waals surface area (Å²) in [6.07, 6.45) is 4.61. The van der Waals surface area contributed by atoms with Gasteiger partial charge in [-0.1, -0.05) is 0 Å². The first-order chi connectivity index (χ1) is 6.74. The molecule has 4 nitrogen and oxygen atoms in total. The summed E-state index contributed by atoms with van der Waals surface area (Å²) in [6.45, 7) is 0.730. The van der Waals surface area contributed by atoms with Crippen LogP contribution in [0.4, 0.5) is 0 Å². The van der Waals surface area contributed by atoms with Crippen LogP contribution in [-0.4, -0.2) is 36.4 Å². The molecule has 1 heterocycles. The van der Waals surface area contributed by atoms with Crippen molar-refractivity contribution in [1.82, 2.24) is 10.6 Å². The number of nitrogens with one attached hydrogen (secondary N) is 2. The van der Waals surface area contributed by atoms with Gasteiger partial charge in [-0.05, 0) is 25.5 Å². The molecule has 0 radical (unpaired) electrons. The van der Waals surface area contributed by atoms with Crippen LogP contribution >= 0.6 is 11.8 Å². The van der Waals surface area contributed by atoms with Crippen molar-refractivity contribution in [3.63, 3.8) is 0 Å². The Morgan fingerprint density at radius 3 is 3.14 bits per heavy atom. The van der Waals surface area contributed by atoms with Crippen LogP contribution < -0.4 is 10.6 Å². The number of rotatable bonds is 3. The lowest BCUT2D eigenvalue weighted by Crippen LogP contribution is -2.46. The molecular weight excluding hydrogens is 200 g/mol. The number of hydrogen-bond donors (Lipinski definition) is 2. The van der Waals surface area contributed by atoms with E-state index in [0.29, 0.717) is 5.75 Å². The maximum Gasteiger partial charge on any atom is 0.242 e. The Kier molecular flexibility index (Phi) is 4.79. The maximum absolute atomic E-state index is 11.4. The summed E-state index contributed by atoms with van der Waals surface area (Å²) in [4.78, 5) is 22.7. The quantitative estimate of drug-likeness (QED) is 0.705. The summed E-state index contributed by atoms with van der Waals surface area (Å²) in [7, 11) is 0. The zero-order valence-electron chi connectivity index (χ0n) is 8.34. The number of carbonyl (C=O) groups excluding carboxylic acids is 2. The Hall–Kier alpha value is -0.710. The standard InChI is InChI=1S/C9H16N2O2S/c1-14-6-8(12)11-7-4-2-3-5-10-9(7)13/h7H,2-6H2,1H3,(H,10,13)(H,11,12)/t7-/m1/s1. The molecule has 80 valence electrons. The van der Waals surface area contributed by atoms with Gasteiger partial charge in [-0.3, -0.25) is 9.59 Å². The highest BCUT2D eigenvalue weighted by molar-refractivity contribution is 7.99. The SMILES string of the molecule is CSCC(=O)N[C@@H]1CCCCNC1=O. The average molecular weight is 216 g/mol. The van der Waals surface area contributed by atoms with Crippen molar-refractivity contribution in [1.29, 1.82) is 0 Å². The van der Waals surface area contributed by atoms with Crippen LogP contribution in [0.15, 0.2) is 0 Å². The molecule has 2 amide bonds. The minimum Gasteiger partial charge on any atom is -0.354 e. The Balaban J connectivity index is 2.40. The molecule has 5 heteroatoms. The molecule has 0 bridgehead atoms. The van der Waals surface area contributed by atoms with E-state index >= 15 is 0 Å². The molecule has 0 aromatic rings. The smallest absolute Gasteiger partial charge is 0.242 e. The maximum atomic E-state index is 11.4. The molecule has 0 unspecified atom stereocenters. The third-order valence-electron chi connectivity index (χ3n) is 2.15. The van der Waals surface area contributed by atoms with Gasteiger partial charge in [0, 0.05) is 6.54 Å². The lowest BCUT2D eigenvalue weighted by atomic mass is 10.1. The van der Waals surface area contributed by atoms with Crippen molar-refractivity contribution in [3.05, 3.63) is 0 Å². The Morgan fingerprint density at radius 1 is 1.64 bits per heavy atom. The van der Waals surface area contributed by atoms with Crippen molar-refractivity contribution in [3.8, 4) is 0 Å². The molecule has 2 N–H and O–H groups in total. The van der Waals surface area contributed by atoms with Crippen molar-refractivity contribution >= 4 is 23.6 Å². The minimum absolute atomic E-state index is 0.0445. The van der Waals surface area contributed by atoms with Gasteiger partial charge in [-0.25, -0.2) is 0 Å². The minimum atomic E-state index is -0.322. The van der Waals surface area contributed by atoms with E-state index in [9.17, 15) is 9.59 Å². The van der Waals surface area contributed by atoms with Crippen molar-refractivity contribution in [2.24, 2.45) is 0 Å². The van der Waals surface area contributed by atoms with E-state index in [1.807, 2.05) is 6.26 Å². The monoisotopic (exact) mass is 216 g/mol. The van der Waals surface area contributed by atoms with Gasteiger partial charge in [0.1, 0.15) is 6.04 Å². The number of carbonyl (C=O) groups is 2. The highest BCUT2D eigenvalue weighted by Crippen LogP contribution is 2.05. The van der Waals surface area contributed by atoms with Crippen LogP contribution in [0, 0.1) is 0 Å². The van der Waals surface area contributed by atoms with Crippen LogP contribution in [-0.2, 0) is 9.59 Å². The predicted octanol–water partition coefficient (Wildman–Crippen LogP) is 0.134. The Labute approximate surface area is 88.2 Å². The fourth-order valence-corrected chi connectivity index (χ4v) is 1.79. The summed E-state index contributed by atoms with van der Waals surface area (Å²) < 4.78 is 0. The van der Waals surface area contributed by atoms with Gasteiger partial charge < -0.3 is 10.6 Å². The molecule has 1 atom stereocenters. The normalized spacial score (nSPS) is 22.4.